The Morgan fingerprint density at radius 3 is 2.50 bits per heavy atom. The first-order chi connectivity index (χ1) is 13.8. The lowest BCUT2D eigenvalue weighted by Crippen LogP contribution is -2.46. The standard InChI is InChI=1S/C22H39N5S/c1-3-23-22(25-14-8-10-20-28-2)24-13-7-9-15-26-16-18-27(19-17-26)21-11-5-4-6-12-21/h4-6,11-12H,3,7-10,13-20H2,1-2H3,(H2,23,24,25). The SMILES string of the molecule is CCNC(=NCCCCN1CCN(c2ccccc2)CC1)NCCCCSC. The van der Waals surface area contributed by atoms with Gasteiger partial charge in [0.25, 0.3) is 0 Å². The number of piperazine rings is 1. The Kier molecular flexibility index (Phi) is 11.9. The van der Waals surface area contributed by atoms with Crippen molar-refractivity contribution in [3.8, 4) is 0 Å². The van der Waals surface area contributed by atoms with Crippen LogP contribution in [0, 0.1) is 0 Å². The van der Waals surface area contributed by atoms with Gasteiger partial charge in [-0.1, -0.05) is 18.2 Å². The molecular weight excluding hydrogens is 366 g/mol. The molecule has 1 aromatic rings. The van der Waals surface area contributed by atoms with Gasteiger partial charge in [-0.2, -0.15) is 11.8 Å². The molecule has 6 heteroatoms. The summed E-state index contributed by atoms with van der Waals surface area (Å²) in [6.45, 7) is 10.7. The molecule has 0 bridgehead atoms. The van der Waals surface area contributed by atoms with Crippen LogP contribution in [-0.2, 0) is 0 Å². The van der Waals surface area contributed by atoms with Gasteiger partial charge in [0.1, 0.15) is 0 Å². The van der Waals surface area contributed by atoms with Crippen LogP contribution in [-0.4, -0.2) is 75.2 Å². The van der Waals surface area contributed by atoms with Gasteiger partial charge in [-0.3, -0.25) is 9.89 Å². The largest absolute Gasteiger partial charge is 0.369 e. The van der Waals surface area contributed by atoms with E-state index in [4.69, 9.17) is 4.99 Å². The van der Waals surface area contributed by atoms with E-state index in [1.54, 1.807) is 0 Å². The molecule has 28 heavy (non-hydrogen) atoms. The second-order valence-electron chi connectivity index (χ2n) is 7.26. The van der Waals surface area contributed by atoms with Crippen LogP contribution >= 0.6 is 11.8 Å². The highest BCUT2D eigenvalue weighted by molar-refractivity contribution is 7.98. The van der Waals surface area contributed by atoms with Crippen LogP contribution in [0.4, 0.5) is 5.69 Å². The Morgan fingerprint density at radius 1 is 1.00 bits per heavy atom. The van der Waals surface area contributed by atoms with Crippen molar-refractivity contribution in [2.45, 2.75) is 32.6 Å². The number of aliphatic imine (C=N–C) groups is 1. The number of thioether (sulfide) groups is 1. The molecule has 1 aliphatic rings. The maximum atomic E-state index is 4.73. The van der Waals surface area contributed by atoms with E-state index >= 15 is 0 Å². The van der Waals surface area contributed by atoms with Crippen molar-refractivity contribution in [2.24, 2.45) is 4.99 Å². The lowest BCUT2D eigenvalue weighted by Gasteiger charge is -2.36. The Hall–Kier alpha value is -1.40. The van der Waals surface area contributed by atoms with Crippen molar-refractivity contribution in [3.63, 3.8) is 0 Å². The third-order valence-corrected chi connectivity index (χ3v) is 5.75. The molecule has 0 aromatic heterocycles. The van der Waals surface area contributed by atoms with Crippen LogP contribution in [0.15, 0.2) is 35.3 Å². The van der Waals surface area contributed by atoms with Gasteiger partial charge >= 0.3 is 0 Å². The summed E-state index contributed by atoms with van der Waals surface area (Å²) in [5.41, 5.74) is 1.35. The van der Waals surface area contributed by atoms with Crippen molar-refractivity contribution in [3.05, 3.63) is 30.3 Å². The number of para-hydroxylation sites is 1. The second-order valence-corrected chi connectivity index (χ2v) is 8.24. The number of nitrogens with one attached hydrogen (secondary N) is 2. The minimum Gasteiger partial charge on any atom is -0.369 e. The minimum atomic E-state index is 0.907. The van der Waals surface area contributed by atoms with Gasteiger partial charge in [-0.25, -0.2) is 0 Å². The van der Waals surface area contributed by atoms with E-state index in [0.29, 0.717) is 0 Å². The number of hydrogen-bond donors (Lipinski definition) is 2. The average Bonchev–Trinajstić information content (AvgIpc) is 2.74. The zero-order valence-electron chi connectivity index (χ0n) is 17.8. The molecule has 0 spiro atoms. The molecule has 5 nitrogen and oxygen atoms in total. The quantitative estimate of drug-likeness (QED) is 0.317. The fourth-order valence-corrected chi connectivity index (χ4v) is 3.92. The fraction of sp³-hybridized carbons (Fsp3) is 0.682. The smallest absolute Gasteiger partial charge is 0.191 e. The topological polar surface area (TPSA) is 42.9 Å². The zero-order chi connectivity index (χ0) is 19.9. The second kappa shape index (κ2) is 14.6. The summed E-state index contributed by atoms with van der Waals surface area (Å²) in [7, 11) is 0. The molecule has 1 aliphatic heterocycles. The Morgan fingerprint density at radius 2 is 1.79 bits per heavy atom. The van der Waals surface area contributed by atoms with Gasteiger partial charge in [0.15, 0.2) is 5.96 Å². The van der Waals surface area contributed by atoms with E-state index in [1.165, 1.54) is 50.3 Å². The third-order valence-electron chi connectivity index (χ3n) is 5.06. The van der Waals surface area contributed by atoms with Crippen molar-refractivity contribution < 1.29 is 0 Å². The molecule has 2 rings (SSSR count). The molecule has 1 aromatic carbocycles. The lowest BCUT2D eigenvalue weighted by molar-refractivity contribution is 0.253. The first-order valence-corrected chi connectivity index (χ1v) is 12.3. The maximum absolute atomic E-state index is 4.73. The highest BCUT2D eigenvalue weighted by atomic mass is 32.2. The molecule has 158 valence electrons. The molecule has 2 N–H and O–H groups in total. The van der Waals surface area contributed by atoms with Crippen LogP contribution in [0.1, 0.15) is 32.6 Å². The molecule has 0 amide bonds. The number of anilines is 1. The molecular formula is C22H39N5S. The summed E-state index contributed by atoms with van der Waals surface area (Å²) in [4.78, 5) is 9.82. The number of nitrogens with zero attached hydrogens (tertiary/aromatic N) is 3. The van der Waals surface area contributed by atoms with E-state index in [0.717, 1.165) is 45.1 Å². The molecule has 0 radical (unpaired) electrons. The molecule has 0 unspecified atom stereocenters. The van der Waals surface area contributed by atoms with Gasteiger partial charge in [0, 0.05) is 51.5 Å². The first-order valence-electron chi connectivity index (χ1n) is 10.9. The summed E-state index contributed by atoms with van der Waals surface area (Å²) in [5.74, 6) is 2.22. The number of hydrogen-bond acceptors (Lipinski definition) is 4. The minimum absolute atomic E-state index is 0.907. The monoisotopic (exact) mass is 405 g/mol. The Bertz CT molecular complexity index is 529. The summed E-state index contributed by atoms with van der Waals surface area (Å²) in [5, 5.41) is 6.81. The van der Waals surface area contributed by atoms with Gasteiger partial charge in [-0.15, -0.1) is 0 Å². The normalized spacial score (nSPS) is 15.6. The highest BCUT2D eigenvalue weighted by Crippen LogP contribution is 2.15. The Balaban J connectivity index is 1.56. The summed E-state index contributed by atoms with van der Waals surface area (Å²) in [6, 6.07) is 10.8. The van der Waals surface area contributed by atoms with Crippen molar-refractivity contribution >= 4 is 23.4 Å². The van der Waals surface area contributed by atoms with E-state index in [9.17, 15) is 0 Å². The molecule has 0 saturated carbocycles. The third kappa shape index (κ3) is 9.20. The number of unbranched alkanes of at least 4 members (excludes halogenated alkanes) is 2. The molecule has 0 aliphatic carbocycles. The average molecular weight is 406 g/mol. The van der Waals surface area contributed by atoms with Crippen molar-refractivity contribution in [2.75, 3.05) is 69.3 Å². The predicted molar refractivity (Wildman–Crippen MR) is 126 cm³/mol. The van der Waals surface area contributed by atoms with E-state index in [-0.39, 0.29) is 0 Å². The van der Waals surface area contributed by atoms with Gasteiger partial charge in [0.2, 0.25) is 0 Å². The predicted octanol–water partition coefficient (Wildman–Crippen LogP) is 3.29. The molecule has 1 fully saturated rings. The number of benzene rings is 1. The number of rotatable bonds is 12. The summed E-state index contributed by atoms with van der Waals surface area (Å²) < 4.78 is 0. The maximum Gasteiger partial charge on any atom is 0.191 e. The van der Waals surface area contributed by atoms with E-state index in [2.05, 4.69) is 63.9 Å². The molecule has 1 saturated heterocycles. The van der Waals surface area contributed by atoms with Crippen LogP contribution in [0.5, 0.6) is 0 Å². The lowest BCUT2D eigenvalue weighted by atomic mass is 10.2. The van der Waals surface area contributed by atoms with E-state index < -0.39 is 0 Å². The summed E-state index contributed by atoms with van der Waals surface area (Å²) in [6.07, 6.45) is 7.03. The zero-order valence-corrected chi connectivity index (χ0v) is 18.6. The fourth-order valence-electron chi connectivity index (χ4n) is 3.43. The molecule has 0 atom stereocenters. The Labute approximate surface area is 176 Å². The summed E-state index contributed by atoms with van der Waals surface area (Å²) >= 11 is 1.92. The van der Waals surface area contributed by atoms with Crippen LogP contribution in [0.3, 0.4) is 0 Å². The van der Waals surface area contributed by atoms with Crippen LogP contribution < -0.4 is 15.5 Å². The van der Waals surface area contributed by atoms with Crippen LogP contribution in [0.2, 0.25) is 0 Å². The van der Waals surface area contributed by atoms with Crippen LogP contribution in [0.25, 0.3) is 0 Å². The first kappa shape index (κ1) is 22.9. The van der Waals surface area contributed by atoms with Gasteiger partial charge in [-0.05, 0) is 63.3 Å². The number of guanidine groups is 1. The van der Waals surface area contributed by atoms with Crippen molar-refractivity contribution in [1.82, 2.24) is 15.5 Å². The van der Waals surface area contributed by atoms with E-state index in [1.807, 2.05) is 11.8 Å². The van der Waals surface area contributed by atoms with Gasteiger partial charge in [0.05, 0.1) is 0 Å². The van der Waals surface area contributed by atoms with Crippen molar-refractivity contribution in [1.29, 1.82) is 0 Å². The highest BCUT2D eigenvalue weighted by Gasteiger charge is 2.16. The van der Waals surface area contributed by atoms with Gasteiger partial charge < -0.3 is 15.5 Å². The molecule has 1 heterocycles.